The lowest BCUT2D eigenvalue weighted by Crippen LogP contribution is -2.23. The Kier molecular flexibility index (Phi) is 5.21. The molecule has 0 aliphatic heterocycles. The Labute approximate surface area is 112 Å². The van der Waals surface area contributed by atoms with Crippen molar-refractivity contribution in [1.29, 1.82) is 0 Å². The van der Waals surface area contributed by atoms with E-state index in [-0.39, 0.29) is 5.41 Å². The molecular weight excluding hydrogens is 222 g/mol. The number of rotatable bonds is 5. The first kappa shape index (κ1) is 15.0. The minimum Gasteiger partial charge on any atom is -0.493 e. The van der Waals surface area contributed by atoms with Gasteiger partial charge in [-0.15, -0.1) is 0 Å². The van der Waals surface area contributed by atoms with Crippen LogP contribution in [0.3, 0.4) is 0 Å². The van der Waals surface area contributed by atoms with E-state index < -0.39 is 0 Å². The van der Waals surface area contributed by atoms with E-state index in [1.807, 2.05) is 7.05 Å². The number of benzene rings is 1. The van der Waals surface area contributed by atoms with Crippen LogP contribution in [0.25, 0.3) is 0 Å². The second kappa shape index (κ2) is 6.24. The summed E-state index contributed by atoms with van der Waals surface area (Å²) in [4.78, 5) is 0. The molecule has 1 unspecified atom stereocenters. The molecule has 1 aromatic rings. The fourth-order valence-corrected chi connectivity index (χ4v) is 1.85. The van der Waals surface area contributed by atoms with Gasteiger partial charge in [-0.25, -0.2) is 0 Å². The van der Waals surface area contributed by atoms with E-state index in [4.69, 9.17) is 4.74 Å². The first-order chi connectivity index (χ1) is 8.34. The maximum Gasteiger partial charge on any atom is 0.123 e. The van der Waals surface area contributed by atoms with Crippen molar-refractivity contribution < 1.29 is 4.74 Å². The van der Waals surface area contributed by atoms with Crippen LogP contribution >= 0.6 is 0 Å². The number of aryl methyl sites for hydroxylation is 1. The fraction of sp³-hybridized carbons (Fsp3) is 0.625. The van der Waals surface area contributed by atoms with Gasteiger partial charge in [0, 0.05) is 6.04 Å². The first-order valence-corrected chi connectivity index (χ1v) is 6.76. The molecule has 0 fully saturated rings. The van der Waals surface area contributed by atoms with Crippen molar-refractivity contribution in [3.8, 4) is 5.75 Å². The third-order valence-electron chi connectivity index (χ3n) is 3.24. The van der Waals surface area contributed by atoms with Crippen LogP contribution in [-0.4, -0.2) is 19.7 Å². The van der Waals surface area contributed by atoms with Crippen LogP contribution in [0.15, 0.2) is 18.2 Å². The van der Waals surface area contributed by atoms with Gasteiger partial charge in [-0.05, 0) is 44.4 Å². The second-order valence-corrected chi connectivity index (χ2v) is 6.08. The van der Waals surface area contributed by atoms with Crippen LogP contribution < -0.4 is 10.1 Å². The Hall–Kier alpha value is -1.02. The molecule has 0 radical (unpaired) electrons. The lowest BCUT2D eigenvalue weighted by molar-refractivity contribution is 0.286. The van der Waals surface area contributed by atoms with E-state index >= 15 is 0 Å². The van der Waals surface area contributed by atoms with E-state index in [1.165, 1.54) is 11.1 Å². The summed E-state index contributed by atoms with van der Waals surface area (Å²) >= 11 is 0. The van der Waals surface area contributed by atoms with E-state index in [9.17, 15) is 0 Å². The molecule has 0 aliphatic carbocycles. The summed E-state index contributed by atoms with van der Waals surface area (Å²) in [6.45, 7) is 11.7. The van der Waals surface area contributed by atoms with Crippen molar-refractivity contribution in [3.05, 3.63) is 29.3 Å². The van der Waals surface area contributed by atoms with Crippen molar-refractivity contribution in [1.82, 2.24) is 5.32 Å². The van der Waals surface area contributed by atoms with Gasteiger partial charge in [-0.1, -0.05) is 38.5 Å². The Morgan fingerprint density at radius 3 is 2.50 bits per heavy atom. The largest absolute Gasteiger partial charge is 0.493 e. The van der Waals surface area contributed by atoms with Crippen molar-refractivity contribution in [3.63, 3.8) is 0 Å². The summed E-state index contributed by atoms with van der Waals surface area (Å²) in [5.41, 5.74) is 2.70. The molecule has 102 valence electrons. The molecule has 0 saturated carbocycles. The molecule has 2 nitrogen and oxygen atoms in total. The highest BCUT2D eigenvalue weighted by Crippen LogP contribution is 2.32. The van der Waals surface area contributed by atoms with Gasteiger partial charge in [-0.3, -0.25) is 0 Å². The quantitative estimate of drug-likeness (QED) is 0.859. The van der Waals surface area contributed by atoms with Crippen LogP contribution in [0.1, 0.15) is 45.2 Å². The van der Waals surface area contributed by atoms with Crippen LogP contribution in [0.5, 0.6) is 5.75 Å². The molecule has 0 bridgehead atoms. The zero-order chi connectivity index (χ0) is 13.8. The van der Waals surface area contributed by atoms with Crippen molar-refractivity contribution in [2.24, 2.45) is 0 Å². The predicted octanol–water partition coefficient (Wildman–Crippen LogP) is 3.67. The van der Waals surface area contributed by atoms with Crippen LogP contribution in [-0.2, 0) is 5.41 Å². The number of nitrogens with one attached hydrogen (secondary N) is 1. The van der Waals surface area contributed by atoms with Gasteiger partial charge in [0.25, 0.3) is 0 Å². The minimum atomic E-state index is 0.121. The summed E-state index contributed by atoms with van der Waals surface area (Å²) in [6.07, 6.45) is 1.02. The summed E-state index contributed by atoms with van der Waals surface area (Å²) in [5, 5.41) is 3.23. The smallest absolute Gasteiger partial charge is 0.123 e. The third-order valence-corrected chi connectivity index (χ3v) is 3.24. The molecule has 2 heteroatoms. The van der Waals surface area contributed by atoms with Crippen molar-refractivity contribution in [2.45, 2.75) is 52.5 Å². The molecular formula is C16H27NO. The average Bonchev–Trinajstić information content (AvgIpc) is 2.29. The zero-order valence-corrected chi connectivity index (χ0v) is 12.6. The molecule has 0 aliphatic rings. The van der Waals surface area contributed by atoms with E-state index in [2.05, 4.69) is 58.1 Å². The van der Waals surface area contributed by atoms with Crippen LogP contribution in [0, 0.1) is 6.92 Å². The van der Waals surface area contributed by atoms with E-state index in [1.54, 1.807) is 0 Å². The minimum absolute atomic E-state index is 0.121. The lowest BCUT2D eigenvalue weighted by atomic mass is 9.85. The molecule has 1 N–H and O–H groups in total. The summed E-state index contributed by atoms with van der Waals surface area (Å²) in [7, 11) is 1.98. The molecule has 18 heavy (non-hydrogen) atoms. The van der Waals surface area contributed by atoms with Crippen LogP contribution in [0.4, 0.5) is 0 Å². The molecule has 1 rings (SSSR count). The molecule has 0 saturated heterocycles. The summed E-state index contributed by atoms with van der Waals surface area (Å²) < 4.78 is 5.95. The van der Waals surface area contributed by atoms with Crippen LogP contribution in [0.2, 0.25) is 0 Å². The predicted molar refractivity (Wildman–Crippen MR) is 78.5 cm³/mol. The van der Waals surface area contributed by atoms with Gasteiger partial charge < -0.3 is 10.1 Å². The molecule has 0 amide bonds. The average molecular weight is 249 g/mol. The zero-order valence-electron chi connectivity index (χ0n) is 12.6. The topological polar surface area (TPSA) is 21.3 Å². The monoisotopic (exact) mass is 249 g/mol. The molecule has 0 aromatic heterocycles. The summed E-state index contributed by atoms with van der Waals surface area (Å²) in [5.74, 6) is 1.02. The fourth-order valence-electron chi connectivity index (χ4n) is 1.85. The lowest BCUT2D eigenvalue weighted by Gasteiger charge is -2.23. The van der Waals surface area contributed by atoms with Gasteiger partial charge in [0.05, 0.1) is 6.61 Å². The highest BCUT2D eigenvalue weighted by Gasteiger charge is 2.19. The Morgan fingerprint density at radius 1 is 1.28 bits per heavy atom. The molecule has 0 heterocycles. The molecule has 1 aromatic carbocycles. The third kappa shape index (κ3) is 4.34. The van der Waals surface area contributed by atoms with E-state index in [0.29, 0.717) is 6.04 Å². The van der Waals surface area contributed by atoms with E-state index in [0.717, 1.165) is 18.8 Å². The number of hydrogen-bond donors (Lipinski definition) is 1. The van der Waals surface area contributed by atoms with Gasteiger partial charge in [0.15, 0.2) is 0 Å². The standard InChI is InChI=1S/C16H27NO/c1-12-7-8-15(14(11-12)16(3,4)5)18-10-9-13(2)17-6/h7-8,11,13,17H,9-10H2,1-6H3. The SMILES string of the molecule is CNC(C)CCOc1ccc(C)cc1C(C)(C)C. The highest BCUT2D eigenvalue weighted by atomic mass is 16.5. The Morgan fingerprint density at radius 2 is 1.94 bits per heavy atom. The molecule has 0 spiro atoms. The van der Waals surface area contributed by atoms with Gasteiger partial charge in [-0.2, -0.15) is 0 Å². The Bertz CT molecular complexity index is 379. The highest BCUT2D eigenvalue weighted by molar-refractivity contribution is 5.41. The maximum absolute atomic E-state index is 5.95. The first-order valence-electron chi connectivity index (χ1n) is 6.76. The number of hydrogen-bond acceptors (Lipinski definition) is 2. The van der Waals surface area contributed by atoms with Gasteiger partial charge in [0.1, 0.15) is 5.75 Å². The molecule has 1 atom stereocenters. The normalized spacial score (nSPS) is 13.4. The van der Waals surface area contributed by atoms with Gasteiger partial charge >= 0.3 is 0 Å². The Balaban J connectivity index is 2.76. The van der Waals surface area contributed by atoms with Crippen molar-refractivity contribution in [2.75, 3.05) is 13.7 Å². The van der Waals surface area contributed by atoms with Crippen molar-refractivity contribution >= 4 is 0 Å². The second-order valence-electron chi connectivity index (χ2n) is 6.08. The summed E-state index contributed by atoms with van der Waals surface area (Å²) in [6, 6.07) is 6.94. The van der Waals surface area contributed by atoms with Gasteiger partial charge in [0.2, 0.25) is 0 Å². The number of ether oxygens (including phenoxy) is 1. The maximum atomic E-state index is 5.95.